The summed E-state index contributed by atoms with van der Waals surface area (Å²) in [6.07, 6.45) is 1.33. The molecule has 2 amide bonds. The quantitative estimate of drug-likeness (QED) is 0.603. The first kappa shape index (κ1) is 17.7. The van der Waals surface area contributed by atoms with E-state index in [0.717, 1.165) is 0 Å². The summed E-state index contributed by atoms with van der Waals surface area (Å²) in [5.74, 6) is -0.706. The lowest BCUT2D eigenvalue weighted by Gasteiger charge is -2.10. The van der Waals surface area contributed by atoms with Crippen LogP contribution in [0.2, 0.25) is 5.02 Å². The van der Waals surface area contributed by atoms with Gasteiger partial charge in [0.2, 0.25) is 0 Å². The zero-order valence-corrected chi connectivity index (χ0v) is 14.5. The summed E-state index contributed by atoms with van der Waals surface area (Å²) < 4.78 is 10.2. The van der Waals surface area contributed by atoms with E-state index in [0.29, 0.717) is 21.7 Å². The number of fused-ring (bicyclic) bond motifs is 1. The van der Waals surface area contributed by atoms with Gasteiger partial charge in [-0.3, -0.25) is 25.4 Å². The summed E-state index contributed by atoms with van der Waals surface area (Å²) >= 11 is 5.96. The van der Waals surface area contributed by atoms with Crippen molar-refractivity contribution in [3.8, 4) is 0 Å². The lowest BCUT2D eigenvalue weighted by atomic mass is 10.1. The molecular formula is C17H15ClN4O4. The van der Waals surface area contributed by atoms with Crippen molar-refractivity contribution >= 4 is 40.0 Å². The fourth-order valence-electron chi connectivity index (χ4n) is 2.33. The predicted octanol–water partition coefficient (Wildman–Crippen LogP) is 2.28. The topological polar surface area (TPSA) is 119 Å². The molecule has 0 aliphatic heterocycles. The number of furan rings is 1. The monoisotopic (exact) mass is 374 g/mol. The Hall–Kier alpha value is -3.10. The third-order valence-corrected chi connectivity index (χ3v) is 3.81. The Morgan fingerprint density at radius 2 is 2.00 bits per heavy atom. The van der Waals surface area contributed by atoms with Crippen molar-refractivity contribution in [1.29, 1.82) is 0 Å². The van der Waals surface area contributed by atoms with E-state index in [1.165, 1.54) is 19.4 Å². The minimum absolute atomic E-state index is 0.0359. The van der Waals surface area contributed by atoms with E-state index in [1.807, 2.05) is 0 Å². The molecule has 26 heavy (non-hydrogen) atoms. The van der Waals surface area contributed by atoms with Gasteiger partial charge in [0, 0.05) is 23.7 Å². The molecule has 4 N–H and O–H groups in total. The van der Waals surface area contributed by atoms with Crippen molar-refractivity contribution in [3.05, 3.63) is 58.6 Å². The number of aromatic nitrogens is 1. The first-order chi connectivity index (χ1) is 12.5. The summed E-state index contributed by atoms with van der Waals surface area (Å²) in [4.78, 5) is 28.5. The fourth-order valence-corrected chi connectivity index (χ4v) is 2.50. The first-order valence-corrected chi connectivity index (χ1v) is 7.89. The molecule has 1 aromatic carbocycles. The number of rotatable bonds is 4. The van der Waals surface area contributed by atoms with Crippen LogP contribution < -0.4 is 16.6 Å². The molecule has 134 valence electrons. The number of amides is 2. The Morgan fingerprint density at radius 1 is 1.23 bits per heavy atom. The number of hydrazine groups is 1. The van der Waals surface area contributed by atoms with Crippen molar-refractivity contribution in [2.24, 2.45) is 0 Å². The van der Waals surface area contributed by atoms with E-state index in [9.17, 15) is 9.59 Å². The summed E-state index contributed by atoms with van der Waals surface area (Å²) in [5, 5.41) is 1.02. The van der Waals surface area contributed by atoms with Crippen molar-refractivity contribution in [3.63, 3.8) is 0 Å². The highest BCUT2D eigenvalue weighted by atomic mass is 35.5. The van der Waals surface area contributed by atoms with Crippen LogP contribution in [0.5, 0.6) is 0 Å². The van der Waals surface area contributed by atoms with Gasteiger partial charge in [0.25, 0.3) is 5.91 Å². The number of nitrogens with two attached hydrogens (primary N) is 1. The van der Waals surface area contributed by atoms with Crippen LogP contribution in [-0.2, 0) is 11.3 Å². The van der Waals surface area contributed by atoms with Crippen molar-refractivity contribution in [1.82, 2.24) is 15.8 Å². The third-order valence-electron chi connectivity index (χ3n) is 3.58. The molecule has 0 fully saturated rings. The van der Waals surface area contributed by atoms with Gasteiger partial charge >= 0.3 is 5.91 Å². The third kappa shape index (κ3) is 3.61. The van der Waals surface area contributed by atoms with Gasteiger partial charge in [-0.15, -0.1) is 0 Å². The minimum atomic E-state index is -0.617. The van der Waals surface area contributed by atoms with Gasteiger partial charge in [-0.05, 0) is 30.3 Å². The van der Waals surface area contributed by atoms with E-state index >= 15 is 0 Å². The number of nitrogens with one attached hydrogen (secondary N) is 2. The number of nitrogens with zero attached hydrogens (tertiary/aromatic N) is 1. The van der Waals surface area contributed by atoms with Gasteiger partial charge in [-0.25, -0.2) is 0 Å². The molecule has 0 bridgehead atoms. The second-order valence-corrected chi connectivity index (χ2v) is 5.79. The highest BCUT2D eigenvalue weighted by Crippen LogP contribution is 2.25. The molecule has 0 saturated heterocycles. The fraction of sp³-hybridized carbons (Fsp3) is 0.118. The zero-order chi connectivity index (χ0) is 18.7. The number of nitrogen functional groups attached to an aromatic ring is 1. The number of anilines is 1. The number of carbonyl (C=O) groups is 2. The lowest BCUT2D eigenvalue weighted by molar-refractivity contribution is 0.0826. The number of carbonyl (C=O) groups excluding carboxylic acids is 2. The number of benzene rings is 1. The van der Waals surface area contributed by atoms with Crippen LogP contribution in [0.25, 0.3) is 10.9 Å². The van der Waals surface area contributed by atoms with Crippen LogP contribution >= 0.6 is 11.6 Å². The maximum Gasteiger partial charge on any atom is 0.305 e. The smallest absolute Gasteiger partial charge is 0.305 e. The molecular weight excluding hydrogens is 360 g/mol. The molecule has 0 aliphatic carbocycles. The average molecular weight is 375 g/mol. The summed E-state index contributed by atoms with van der Waals surface area (Å²) in [5.41, 5.74) is 11.5. The number of ether oxygens (including phenoxy) is 1. The molecule has 0 atom stereocenters. The van der Waals surface area contributed by atoms with Gasteiger partial charge in [0.1, 0.15) is 12.4 Å². The SMILES string of the molecule is COCc1ccc(C(=O)NNC(=O)c2cnc3ccc(Cl)cc3c2N)o1. The molecule has 0 spiro atoms. The zero-order valence-electron chi connectivity index (χ0n) is 13.7. The number of methoxy groups -OCH3 is 1. The van der Waals surface area contributed by atoms with Gasteiger partial charge in [0.05, 0.1) is 16.8 Å². The van der Waals surface area contributed by atoms with E-state index in [4.69, 9.17) is 26.5 Å². The van der Waals surface area contributed by atoms with E-state index < -0.39 is 11.8 Å². The highest BCUT2D eigenvalue weighted by Gasteiger charge is 2.16. The normalized spacial score (nSPS) is 10.7. The summed E-state index contributed by atoms with van der Waals surface area (Å²) in [7, 11) is 1.51. The molecule has 2 aromatic heterocycles. The molecule has 9 heteroatoms. The van der Waals surface area contributed by atoms with Gasteiger partial charge in [-0.1, -0.05) is 11.6 Å². The number of halogens is 1. The van der Waals surface area contributed by atoms with Crippen molar-refractivity contribution in [2.45, 2.75) is 6.61 Å². The Bertz CT molecular complexity index is 986. The average Bonchev–Trinajstić information content (AvgIpc) is 3.09. The number of hydrogen-bond donors (Lipinski definition) is 3. The molecule has 0 radical (unpaired) electrons. The van der Waals surface area contributed by atoms with Gasteiger partial charge < -0.3 is 14.9 Å². The maximum absolute atomic E-state index is 12.3. The second-order valence-electron chi connectivity index (χ2n) is 5.35. The minimum Gasteiger partial charge on any atom is -0.453 e. The summed E-state index contributed by atoms with van der Waals surface area (Å²) in [6, 6.07) is 8.08. The van der Waals surface area contributed by atoms with Crippen LogP contribution in [0, 0.1) is 0 Å². The van der Waals surface area contributed by atoms with Crippen molar-refractivity contribution < 1.29 is 18.7 Å². The lowest BCUT2D eigenvalue weighted by Crippen LogP contribution is -2.41. The molecule has 2 heterocycles. The van der Waals surface area contributed by atoms with Crippen LogP contribution in [0.15, 0.2) is 40.9 Å². The molecule has 0 saturated carbocycles. The van der Waals surface area contributed by atoms with Crippen LogP contribution in [0.3, 0.4) is 0 Å². The Labute approximate surface area is 153 Å². The van der Waals surface area contributed by atoms with E-state index in [2.05, 4.69) is 15.8 Å². The highest BCUT2D eigenvalue weighted by molar-refractivity contribution is 6.31. The standard InChI is InChI=1S/C17H15ClN4O4/c1-25-8-10-3-5-14(26-10)17(24)22-21-16(23)12-7-20-13-4-2-9(18)6-11(13)15(12)19/h2-7H,8H2,1H3,(H2,19,20)(H,21,23)(H,22,24). The van der Waals surface area contributed by atoms with Gasteiger partial charge in [0.15, 0.2) is 5.76 Å². The van der Waals surface area contributed by atoms with E-state index in [-0.39, 0.29) is 23.6 Å². The molecule has 8 nitrogen and oxygen atoms in total. The predicted molar refractivity (Wildman–Crippen MR) is 95.5 cm³/mol. The Kier molecular flexibility index (Phi) is 5.06. The molecule has 0 aliphatic rings. The molecule has 0 unspecified atom stereocenters. The summed E-state index contributed by atoms with van der Waals surface area (Å²) in [6.45, 7) is 0.238. The van der Waals surface area contributed by atoms with Crippen LogP contribution in [0.1, 0.15) is 26.7 Å². The first-order valence-electron chi connectivity index (χ1n) is 7.51. The Balaban J connectivity index is 1.72. The molecule has 3 aromatic rings. The van der Waals surface area contributed by atoms with E-state index in [1.54, 1.807) is 24.3 Å². The number of hydrogen-bond acceptors (Lipinski definition) is 6. The maximum atomic E-state index is 12.3. The Morgan fingerprint density at radius 3 is 2.77 bits per heavy atom. The largest absolute Gasteiger partial charge is 0.453 e. The van der Waals surface area contributed by atoms with Crippen LogP contribution in [-0.4, -0.2) is 23.9 Å². The number of pyridine rings is 1. The van der Waals surface area contributed by atoms with Gasteiger partial charge in [-0.2, -0.15) is 0 Å². The molecule has 3 rings (SSSR count). The second kappa shape index (κ2) is 7.42. The van der Waals surface area contributed by atoms with Crippen LogP contribution in [0.4, 0.5) is 5.69 Å². The van der Waals surface area contributed by atoms with Crippen molar-refractivity contribution in [2.75, 3.05) is 12.8 Å².